The van der Waals surface area contributed by atoms with Crippen molar-refractivity contribution in [3.8, 4) is 23.0 Å². The summed E-state index contributed by atoms with van der Waals surface area (Å²) in [5, 5.41) is 0. The summed E-state index contributed by atoms with van der Waals surface area (Å²) < 4.78 is 18.1. The molecule has 0 radical (unpaired) electrons. The number of aryl methyl sites for hydroxylation is 2. The third kappa shape index (κ3) is 6.96. The molecule has 0 spiro atoms. The molecule has 2 aliphatic rings. The Kier molecular flexibility index (Phi) is 10.2. The van der Waals surface area contributed by atoms with Crippen molar-refractivity contribution in [1.82, 2.24) is 0 Å². The topological polar surface area (TPSA) is 27.7 Å². The molecule has 192 valence electrons. The van der Waals surface area contributed by atoms with Crippen LogP contribution in [0.2, 0.25) is 0 Å². The van der Waals surface area contributed by atoms with Crippen LogP contribution in [0.15, 0.2) is 24.3 Å². The second-order valence-electron chi connectivity index (χ2n) is 10.5. The van der Waals surface area contributed by atoms with Gasteiger partial charge >= 0.3 is 0 Å². The van der Waals surface area contributed by atoms with Gasteiger partial charge in [0.15, 0.2) is 0 Å². The van der Waals surface area contributed by atoms with Gasteiger partial charge in [-0.2, -0.15) is 0 Å². The number of rotatable bonds is 18. The van der Waals surface area contributed by atoms with Crippen LogP contribution < -0.4 is 14.2 Å². The van der Waals surface area contributed by atoms with Crippen LogP contribution in [0, 0.1) is 0 Å². The smallest absolute Gasteiger partial charge is 0.137 e. The number of benzene rings is 2. The van der Waals surface area contributed by atoms with Crippen molar-refractivity contribution in [1.29, 1.82) is 0 Å². The van der Waals surface area contributed by atoms with Crippen LogP contribution in [0.1, 0.15) is 126 Å². The molecule has 2 heterocycles. The van der Waals surface area contributed by atoms with Crippen LogP contribution in [0.3, 0.4) is 0 Å². The summed E-state index contributed by atoms with van der Waals surface area (Å²) in [5.74, 6) is 4.03. The van der Waals surface area contributed by atoms with Crippen LogP contribution in [-0.4, -0.2) is 0 Å². The van der Waals surface area contributed by atoms with E-state index in [4.69, 9.17) is 14.2 Å². The van der Waals surface area contributed by atoms with E-state index in [0.717, 1.165) is 35.8 Å². The van der Waals surface area contributed by atoms with E-state index in [1.807, 2.05) is 0 Å². The predicted octanol–water partition coefficient (Wildman–Crippen LogP) is 9.85. The molecule has 0 fully saturated rings. The molecule has 0 N–H and O–H groups in total. The number of unbranched alkanes of at least 4 members (excludes halogenated alkanes) is 12. The maximum absolute atomic E-state index is 6.42. The van der Waals surface area contributed by atoms with Gasteiger partial charge in [0.25, 0.3) is 0 Å². The van der Waals surface area contributed by atoms with Gasteiger partial charge < -0.3 is 14.2 Å². The fraction of sp³-hybridized carbons (Fsp3) is 0.625. The number of hydrogen-bond acceptors (Lipinski definition) is 3. The van der Waals surface area contributed by atoms with Gasteiger partial charge in [0, 0.05) is 0 Å². The van der Waals surface area contributed by atoms with E-state index in [9.17, 15) is 0 Å². The summed E-state index contributed by atoms with van der Waals surface area (Å²) in [7, 11) is 0. The highest BCUT2D eigenvalue weighted by Crippen LogP contribution is 2.46. The van der Waals surface area contributed by atoms with Gasteiger partial charge in [0.1, 0.15) is 36.2 Å². The first-order chi connectivity index (χ1) is 17.3. The minimum Gasteiger partial charge on any atom is -0.488 e. The van der Waals surface area contributed by atoms with Crippen molar-refractivity contribution in [3.05, 3.63) is 46.5 Å². The summed E-state index contributed by atoms with van der Waals surface area (Å²) in [4.78, 5) is 0. The lowest BCUT2D eigenvalue weighted by molar-refractivity contribution is 0.223. The Labute approximate surface area is 213 Å². The quantitative estimate of drug-likeness (QED) is 0.199. The van der Waals surface area contributed by atoms with Crippen LogP contribution in [0.4, 0.5) is 0 Å². The van der Waals surface area contributed by atoms with Crippen molar-refractivity contribution >= 4 is 0 Å². The molecule has 3 nitrogen and oxygen atoms in total. The summed E-state index contributed by atoms with van der Waals surface area (Å²) in [6.45, 7) is 5.87. The van der Waals surface area contributed by atoms with Crippen LogP contribution in [-0.2, 0) is 26.1 Å². The molecule has 0 amide bonds. The molecule has 35 heavy (non-hydrogen) atoms. The molecule has 4 rings (SSSR count). The Bertz CT molecular complexity index is 857. The van der Waals surface area contributed by atoms with Gasteiger partial charge in [0.2, 0.25) is 0 Å². The van der Waals surface area contributed by atoms with Crippen LogP contribution in [0.25, 0.3) is 0 Å². The van der Waals surface area contributed by atoms with E-state index in [1.54, 1.807) is 0 Å². The molecule has 0 saturated carbocycles. The molecule has 0 aromatic heterocycles. The van der Waals surface area contributed by atoms with Crippen molar-refractivity contribution in [3.63, 3.8) is 0 Å². The summed E-state index contributed by atoms with van der Waals surface area (Å²) in [6, 6.07) is 8.72. The highest BCUT2D eigenvalue weighted by Gasteiger charge is 2.28. The molecule has 0 unspecified atom stereocenters. The zero-order chi connectivity index (χ0) is 24.3. The molecule has 2 aliphatic heterocycles. The highest BCUT2D eigenvalue weighted by atomic mass is 16.5. The summed E-state index contributed by atoms with van der Waals surface area (Å²) >= 11 is 0. The Hall–Kier alpha value is -2.16. The molecule has 2 aromatic carbocycles. The first-order valence-electron chi connectivity index (χ1n) is 14.5. The largest absolute Gasteiger partial charge is 0.488 e. The predicted molar refractivity (Wildman–Crippen MR) is 145 cm³/mol. The molecule has 3 heteroatoms. The SMILES string of the molecule is CCCCCCCCCc1ccc(Oc2ccc(CCCCCCCCC)c3c2CO3)c2c1OC2. The monoisotopic (exact) mass is 478 g/mol. The molecule has 0 bridgehead atoms. The minimum atomic E-state index is 0.657. The van der Waals surface area contributed by atoms with Crippen LogP contribution >= 0.6 is 0 Å². The van der Waals surface area contributed by atoms with Crippen LogP contribution in [0.5, 0.6) is 23.0 Å². The average Bonchev–Trinajstić information content (AvgIpc) is 2.81. The van der Waals surface area contributed by atoms with Crippen molar-refractivity contribution in [2.24, 2.45) is 0 Å². The zero-order valence-electron chi connectivity index (χ0n) is 22.3. The third-order valence-electron chi connectivity index (χ3n) is 7.64. The maximum atomic E-state index is 6.42. The molecule has 0 aliphatic carbocycles. The van der Waals surface area contributed by atoms with Crippen molar-refractivity contribution < 1.29 is 14.2 Å². The Morgan fingerprint density at radius 2 is 0.943 bits per heavy atom. The van der Waals surface area contributed by atoms with E-state index in [2.05, 4.69) is 38.1 Å². The third-order valence-corrected chi connectivity index (χ3v) is 7.64. The van der Waals surface area contributed by atoms with Gasteiger partial charge in [-0.25, -0.2) is 0 Å². The van der Waals surface area contributed by atoms with Gasteiger partial charge in [-0.05, 0) is 48.9 Å². The number of ether oxygens (including phenoxy) is 3. The Morgan fingerprint density at radius 3 is 1.31 bits per heavy atom. The first kappa shape index (κ1) is 25.9. The normalized spacial score (nSPS) is 13.2. The van der Waals surface area contributed by atoms with E-state index in [1.165, 1.54) is 112 Å². The molecule has 0 atom stereocenters. The Balaban J connectivity index is 1.26. The fourth-order valence-corrected chi connectivity index (χ4v) is 5.33. The zero-order valence-corrected chi connectivity index (χ0v) is 22.3. The van der Waals surface area contributed by atoms with Gasteiger partial charge in [-0.15, -0.1) is 0 Å². The van der Waals surface area contributed by atoms with Crippen molar-refractivity contribution in [2.75, 3.05) is 0 Å². The minimum absolute atomic E-state index is 0.657. The van der Waals surface area contributed by atoms with E-state index in [-0.39, 0.29) is 0 Å². The highest BCUT2D eigenvalue weighted by molar-refractivity contribution is 5.58. The van der Waals surface area contributed by atoms with E-state index >= 15 is 0 Å². The lowest BCUT2D eigenvalue weighted by atomic mass is 9.98. The second kappa shape index (κ2) is 13.8. The fourth-order valence-electron chi connectivity index (χ4n) is 5.33. The first-order valence-corrected chi connectivity index (χ1v) is 14.5. The van der Waals surface area contributed by atoms with Crippen molar-refractivity contribution in [2.45, 2.75) is 130 Å². The molecule has 0 saturated heterocycles. The molecular formula is C32H46O3. The van der Waals surface area contributed by atoms with Gasteiger partial charge in [-0.3, -0.25) is 0 Å². The van der Waals surface area contributed by atoms with Gasteiger partial charge in [0.05, 0.1) is 11.1 Å². The number of hydrogen-bond donors (Lipinski definition) is 0. The summed E-state index contributed by atoms with van der Waals surface area (Å²) in [6.07, 6.45) is 20.9. The standard InChI is InChI=1S/C32H46O3/c1-3-5-7-9-11-13-15-17-25-19-21-29(27-23-33-31(25)27)35-30-22-20-26(32-28(30)24-34-32)18-16-14-12-10-8-6-4-2/h19-22H,3-18,23-24H2,1-2H3. The van der Waals surface area contributed by atoms with Gasteiger partial charge in [-0.1, -0.05) is 103 Å². The van der Waals surface area contributed by atoms with E-state index < -0.39 is 0 Å². The summed E-state index contributed by atoms with van der Waals surface area (Å²) in [5.41, 5.74) is 5.14. The number of fused-ring (bicyclic) bond motifs is 2. The maximum Gasteiger partial charge on any atom is 0.137 e. The molecule has 2 aromatic rings. The second-order valence-corrected chi connectivity index (χ2v) is 10.5. The van der Waals surface area contributed by atoms with E-state index in [0.29, 0.717) is 13.2 Å². The Morgan fingerprint density at radius 1 is 0.543 bits per heavy atom. The molecular weight excluding hydrogens is 432 g/mol. The lowest BCUT2D eigenvalue weighted by Crippen LogP contribution is -2.16. The average molecular weight is 479 g/mol. The lowest BCUT2D eigenvalue weighted by Gasteiger charge is -2.29.